The monoisotopic (exact) mass is 205 g/mol. The third kappa shape index (κ3) is 4.27. The maximum absolute atomic E-state index is 8.38. The van der Waals surface area contributed by atoms with Crippen LogP contribution in [0.5, 0.6) is 0 Å². The molecule has 0 atom stereocenters. The van der Waals surface area contributed by atoms with E-state index in [-0.39, 0.29) is 0 Å². The van der Waals surface area contributed by atoms with Crippen molar-refractivity contribution in [1.29, 1.82) is 5.26 Å². The summed E-state index contributed by atoms with van der Waals surface area (Å²) in [4.78, 5) is 8.13. The second kappa shape index (κ2) is 6.60. The minimum absolute atomic E-state index is 0.474. The molecule has 1 aromatic rings. The van der Waals surface area contributed by atoms with Gasteiger partial charge in [-0.3, -0.25) is 0 Å². The number of anilines is 2. The lowest BCUT2D eigenvalue weighted by Crippen LogP contribution is -2.06. The van der Waals surface area contributed by atoms with Crippen LogP contribution in [0.2, 0.25) is 0 Å². The zero-order valence-electron chi connectivity index (χ0n) is 8.82. The van der Waals surface area contributed by atoms with Gasteiger partial charge in [0, 0.05) is 19.2 Å². The van der Waals surface area contributed by atoms with E-state index in [0.29, 0.717) is 13.0 Å². The smallest absolute Gasteiger partial charge is 0.131 e. The molecule has 0 aliphatic carbocycles. The molecule has 0 saturated heterocycles. The highest BCUT2D eigenvalue weighted by atomic mass is 15.1. The summed E-state index contributed by atoms with van der Waals surface area (Å²) in [6, 6.07) is 3.91. The molecule has 1 heterocycles. The van der Waals surface area contributed by atoms with Crippen LogP contribution in [0, 0.1) is 11.3 Å². The Balaban J connectivity index is 2.47. The van der Waals surface area contributed by atoms with Crippen molar-refractivity contribution in [2.45, 2.75) is 19.8 Å². The molecule has 0 bridgehead atoms. The van der Waals surface area contributed by atoms with Gasteiger partial charge in [-0.25, -0.2) is 9.97 Å². The molecule has 0 amide bonds. The van der Waals surface area contributed by atoms with Crippen molar-refractivity contribution in [3.63, 3.8) is 0 Å². The second-order valence-electron chi connectivity index (χ2n) is 3.05. The molecular formula is C10H15N5. The van der Waals surface area contributed by atoms with Crippen LogP contribution >= 0.6 is 0 Å². The van der Waals surface area contributed by atoms with Crippen LogP contribution in [0.15, 0.2) is 12.4 Å². The molecule has 2 N–H and O–H groups in total. The van der Waals surface area contributed by atoms with Crippen LogP contribution in [0.1, 0.15) is 19.8 Å². The van der Waals surface area contributed by atoms with E-state index in [1.54, 1.807) is 0 Å². The SMILES string of the molecule is CCCNc1cc(NCCC#N)ncn1. The lowest BCUT2D eigenvalue weighted by Gasteiger charge is -2.06. The first-order valence-corrected chi connectivity index (χ1v) is 5.03. The molecule has 15 heavy (non-hydrogen) atoms. The molecule has 5 nitrogen and oxygen atoms in total. The summed E-state index contributed by atoms with van der Waals surface area (Å²) in [5.41, 5.74) is 0. The number of aromatic nitrogens is 2. The molecule has 0 radical (unpaired) electrons. The van der Waals surface area contributed by atoms with Gasteiger partial charge in [0.25, 0.3) is 0 Å². The van der Waals surface area contributed by atoms with E-state index in [0.717, 1.165) is 24.6 Å². The van der Waals surface area contributed by atoms with Gasteiger partial charge in [0.1, 0.15) is 18.0 Å². The normalized spacial score (nSPS) is 9.33. The first-order chi connectivity index (χ1) is 7.36. The van der Waals surface area contributed by atoms with Crippen LogP contribution in [0.4, 0.5) is 11.6 Å². The summed E-state index contributed by atoms with van der Waals surface area (Å²) in [5, 5.41) is 14.6. The van der Waals surface area contributed by atoms with Crippen LogP contribution < -0.4 is 10.6 Å². The third-order valence-electron chi connectivity index (χ3n) is 1.77. The van der Waals surface area contributed by atoms with E-state index in [1.165, 1.54) is 6.33 Å². The van der Waals surface area contributed by atoms with Crippen molar-refractivity contribution in [3.05, 3.63) is 12.4 Å². The van der Waals surface area contributed by atoms with Gasteiger partial charge < -0.3 is 10.6 Å². The Morgan fingerprint density at radius 1 is 1.27 bits per heavy atom. The molecule has 0 aliphatic heterocycles. The van der Waals surface area contributed by atoms with E-state index < -0.39 is 0 Å². The van der Waals surface area contributed by atoms with Gasteiger partial charge in [-0.2, -0.15) is 5.26 Å². The van der Waals surface area contributed by atoms with Gasteiger partial charge in [0.15, 0.2) is 0 Å². The Bertz CT molecular complexity index is 331. The van der Waals surface area contributed by atoms with Gasteiger partial charge in [-0.15, -0.1) is 0 Å². The molecule has 0 spiro atoms. The van der Waals surface area contributed by atoms with E-state index in [1.807, 2.05) is 6.07 Å². The molecule has 0 aliphatic rings. The van der Waals surface area contributed by atoms with Gasteiger partial charge in [0.2, 0.25) is 0 Å². The minimum atomic E-state index is 0.474. The van der Waals surface area contributed by atoms with E-state index in [9.17, 15) is 0 Å². The fourth-order valence-corrected chi connectivity index (χ4v) is 1.05. The fourth-order valence-electron chi connectivity index (χ4n) is 1.05. The van der Waals surface area contributed by atoms with Crippen LogP contribution in [-0.2, 0) is 0 Å². The number of nitrogens with zero attached hydrogens (tertiary/aromatic N) is 3. The highest BCUT2D eigenvalue weighted by Gasteiger charge is 1.96. The Morgan fingerprint density at radius 3 is 2.53 bits per heavy atom. The maximum atomic E-state index is 8.38. The molecule has 5 heteroatoms. The van der Waals surface area contributed by atoms with E-state index >= 15 is 0 Å². The maximum Gasteiger partial charge on any atom is 0.131 e. The van der Waals surface area contributed by atoms with E-state index in [4.69, 9.17) is 5.26 Å². The predicted octanol–water partition coefficient (Wildman–Crippen LogP) is 1.62. The largest absolute Gasteiger partial charge is 0.370 e. The Labute approximate surface area is 89.6 Å². The van der Waals surface area contributed by atoms with Gasteiger partial charge in [-0.1, -0.05) is 6.92 Å². The third-order valence-corrected chi connectivity index (χ3v) is 1.77. The predicted molar refractivity (Wildman–Crippen MR) is 59.5 cm³/mol. The first kappa shape index (κ1) is 11.2. The van der Waals surface area contributed by atoms with Crippen molar-refractivity contribution in [2.24, 2.45) is 0 Å². The van der Waals surface area contributed by atoms with Crippen molar-refractivity contribution in [2.75, 3.05) is 23.7 Å². The summed E-state index contributed by atoms with van der Waals surface area (Å²) in [5.74, 6) is 1.56. The van der Waals surface area contributed by atoms with Gasteiger partial charge in [-0.05, 0) is 6.42 Å². The van der Waals surface area contributed by atoms with Crippen molar-refractivity contribution < 1.29 is 0 Å². The molecule has 0 unspecified atom stereocenters. The minimum Gasteiger partial charge on any atom is -0.370 e. The summed E-state index contributed by atoms with van der Waals surface area (Å²) in [6.45, 7) is 3.61. The molecule has 0 saturated carbocycles. The zero-order chi connectivity index (χ0) is 10.9. The van der Waals surface area contributed by atoms with Crippen molar-refractivity contribution >= 4 is 11.6 Å². The van der Waals surface area contributed by atoms with E-state index in [2.05, 4.69) is 33.6 Å². The highest BCUT2D eigenvalue weighted by Crippen LogP contribution is 2.08. The summed E-state index contributed by atoms with van der Waals surface area (Å²) in [6.07, 6.45) is 3.04. The lowest BCUT2D eigenvalue weighted by molar-refractivity contribution is 0.962. The highest BCUT2D eigenvalue weighted by molar-refractivity contribution is 5.46. The number of rotatable bonds is 6. The summed E-state index contributed by atoms with van der Waals surface area (Å²) < 4.78 is 0. The number of nitriles is 1. The number of hydrogen-bond acceptors (Lipinski definition) is 5. The van der Waals surface area contributed by atoms with Crippen molar-refractivity contribution in [3.8, 4) is 6.07 Å². The molecule has 1 rings (SSSR count). The fraction of sp³-hybridized carbons (Fsp3) is 0.500. The average Bonchev–Trinajstić information content (AvgIpc) is 2.27. The van der Waals surface area contributed by atoms with Crippen LogP contribution in [-0.4, -0.2) is 23.1 Å². The molecule has 0 fully saturated rings. The zero-order valence-corrected chi connectivity index (χ0v) is 8.82. The standard InChI is InChI=1S/C10H15N5/c1-2-5-12-9-7-10(15-8-14-9)13-6-3-4-11/h7-8H,2-3,5-6H2,1H3,(H2,12,13,14,15). The van der Waals surface area contributed by atoms with Gasteiger partial charge >= 0.3 is 0 Å². The molecular weight excluding hydrogens is 190 g/mol. The lowest BCUT2D eigenvalue weighted by atomic mass is 10.4. The Kier molecular flexibility index (Phi) is 4.95. The van der Waals surface area contributed by atoms with Crippen LogP contribution in [0.25, 0.3) is 0 Å². The van der Waals surface area contributed by atoms with Crippen LogP contribution in [0.3, 0.4) is 0 Å². The molecule has 1 aromatic heterocycles. The quantitative estimate of drug-likeness (QED) is 0.690. The second-order valence-corrected chi connectivity index (χ2v) is 3.05. The average molecular weight is 205 g/mol. The number of hydrogen-bond donors (Lipinski definition) is 2. The molecule has 80 valence electrons. The summed E-state index contributed by atoms with van der Waals surface area (Å²) in [7, 11) is 0. The Hall–Kier alpha value is -1.83. The first-order valence-electron chi connectivity index (χ1n) is 5.03. The Morgan fingerprint density at radius 2 is 1.93 bits per heavy atom. The molecule has 0 aromatic carbocycles. The van der Waals surface area contributed by atoms with Crippen molar-refractivity contribution in [1.82, 2.24) is 9.97 Å². The topological polar surface area (TPSA) is 73.6 Å². The number of nitrogens with one attached hydrogen (secondary N) is 2. The summed E-state index contributed by atoms with van der Waals surface area (Å²) >= 11 is 0. The van der Waals surface area contributed by atoms with Gasteiger partial charge in [0.05, 0.1) is 12.5 Å².